The van der Waals surface area contributed by atoms with Gasteiger partial charge in [-0.1, -0.05) is 6.92 Å². The van der Waals surface area contributed by atoms with Gasteiger partial charge in [0.1, 0.15) is 5.82 Å². The molecule has 20 heavy (non-hydrogen) atoms. The van der Waals surface area contributed by atoms with E-state index in [2.05, 4.69) is 22.8 Å². The van der Waals surface area contributed by atoms with Crippen molar-refractivity contribution in [3.8, 4) is 0 Å². The highest BCUT2D eigenvalue weighted by molar-refractivity contribution is 5.51. The maximum atomic E-state index is 5.97. The van der Waals surface area contributed by atoms with E-state index >= 15 is 0 Å². The van der Waals surface area contributed by atoms with Crippen LogP contribution in [0, 0.1) is 0 Å². The number of nitrogens with two attached hydrogens (primary N) is 1. The lowest BCUT2D eigenvalue weighted by Crippen LogP contribution is -2.47. The molecule has 0 spiro atoms. The van der Waals surface area contributed by atoms with Crippen LogP contribution < -0.4 is 10.6 Å². The number of hydrogen-bond donors (Lipinski definition) is 1. The molecule has 0 atom stereocenters. The summed E-state index contributed by atoms with van der Waals surface area (Å²) in [5.74, 6) is 1.16. The van der Waals surface area contributed by atoms with Gasteiger partial charge in [-0.2, -0.15) is 0 Å². The van der Waals surface area contributed by atoms with Gasteiger partial charge in [-0.15, -0.1) is 0 Å². The van der Waals surface area contributed by atoms with Crippen LogP contribution in [0.1, 0.15) is 36.6 Å². The Balaban J connectivity index is 1.85. The molecule has 1 aliphatic carbocycles. The Kier molecular flexibility index (Phi) is 4.22. The molecule has 1 saturated heterocycles. The van der Waals surface area contributed by atoms with E-state index in [1.54, 1.807) is 0 Å². The Morgan fingerprint density at radius 1 is 1.15 bits per heavy atom. The van der Waals surface area contributed by atoms with Gasteiger partial charge in [-0.05, 0) is 43.9 Å². The molecule has 3 rings (SSSR count). The molecule has 4 nitrogen and oxygen atoms in total. The molecular weight excluding hydrogens is 248 g/mol. The van der Waals surface area contributed by atoms with Gasteiger partial charge < -0.3 is 15.5 Å². The van der Waals surface area contributed by atoms with Gasteiger partial charge in [0, 0.05) is 44.0 Å². The van der Waals surface area contributed by atoms with Gasteiger partial charge in [0.25, 0.3) is 0 Å². The minimum absolute atomic E-state index is 0.601. The van der Waals surface area contributed by atoms with Crippen molar-refractivity contribution in [3.63, 3.8) is 0 Å². The predicted molar refractivity (Wildman–Crippen MR) is 83.1 cm³/mol. The van der Waals surface area contributed by atoms with Crippen molar-refractivity contribution >= 4 is 5.82 Å². The molecule has 110 valence electrons. The fourth-order valence-electron chi connectivity index (χ4n) is 3.37. The fraction of sp³-hybridized carbons (Fsp3) is 0.688. The first kappa shape index (κ1) is 13.8. The highest BCUT2D eigenvalue weighted by Gasteiger charge is 2.21. The number of aryl methyl sites for hydroxylation is 2. The Morgan fingerprint density at radius 2 is 1.90 bits per heavy atom. The fourth-order valence-corrected chi connectivity index (χ4v) is 3.37. The van der Waals surface area contributed by atoms with E-state index in [0.717, 1.165) is 45.0 Å². The van der Waals surface area contributed by atoms with Crippen LogP contribution >= 0.6 is 0 Å². The summed E-state index contributed by atoms with van der Waals surface area (Å²) < 4.78 is 0. The van der Waals surface area contributed by atoms with E-state index in [9.17, 15) is 0 Å². The molecule has 0 saturated carbocycles. The molecule has 2 aliphatic rings. The molecule has 4 heteroatoms. The number of likely N-dealkylation sites (N-methyl/N-ethyl adjacent to an activating group) is 1. The first-order chi connectivity index (χ1) is 9.81. The normalized spacial score (nSPS) is 20.0. The molecule has 0 aromatic carbocycles. The third-order valence-corrected chi connectivity index (χ3v) is 4.70. The van der Waals surface area contributed by atoms with Crippen molar-refractivity contribution in [3.05, 3.63) is 22.9 Å². The van der Waals surface area contributed by atoms with Gasteiger partial charge in [0.15, 0.2) is 0 Å². The molecule has 1 fully saturated rings. The highest BCUT2D eigenvalue weighted by Crippen LogP contribution is 2.27. The van der Waals surface area contributed by atoms with Crippen molar-refractivity contribution in [2.24, 2.45) is 5.73 Å². The number of nitrogens with zero attached hydrogens (tertiary/aromatic N) is 3. The predicted octanol–water partition coefficient (Wildman–Crippen LogP) is 1.56. The minimum Gasteiger partial charge on any atom is -0.354 e. The topological polar surface area (TPSA) is 45.4 Å². The molecule has 2 N–H and O–H groups in total. The first-order valence-corrected chi connectivity index (χ1v) is 8.01. The minimum atomic E-state index is 0.601. The number of anilines is 1. The molecule has 0 amide bonds. The van der Waals surface area contributed by atoms with Gasteiger partial charge in [0.2, 0.25) is 0 Å². The number of fused-ring (bicyclic) bond motifs is 1. The van der Waals surface area contributed by atoms with Gasteiger partial charge in [-0.3, -0.25) is 0 Å². The maximum absolute atomic E-state index is 5.97. The summed E-state index contributed by atoms with van der Waals surface area (Å²) in [4.78, 5) is 9.92. The SMILES string of the molecule is CCN1CCN(c2nc3c(cc2CN)CCCC3)CC1. The van der Waals surface area contributed by atoms with E-state index in [1.807, 2.05) is 0 Å². The lowest BCUT2D eigenvalue weighted by molar-refractivity contribution is 0.270. The number of hydrogen-bond acceptors (Lipinski definition) is 4. The van der Waals surface area contributed by atoms with Crippen LogP contribution in [0.3, 0.4) is 0 Å². The number of rotatable bonds is 3. The molecule has 1 aromatic rings. The summed E-state index contributed by atoms with van der Waals surface area (Å²) in [5, 5.41) is 0. The monoisotopic (exact) mass is 274 g/mol. The molecule has 0 unspecified atom stereocenters. The van der Waals surface area contributed by atoms with Gasteiger partial charge in [-0.25, -0.2) is 4.98 Å². The molecule has 1 aliphatic heterocycles. The van der Waals surface area contributed by atoms with Crippen molar-refractivity contribution in [2.75, 3.05) is 37.6 Å². The smallest absolute Gasteiger partial charge is 0.133 e. The zero-order valence-electron chi connectivity index (χ0n) is 12.6. The van der Waals surface area contributed by atoms with Crippen LogP contribution in [-0.2, 0) is 19.4 Å². The average molecular weight is 274 g/mol. The quantitative estimate of drug-likeness (QED) is 0.908. The average Bonchev–Trinajstić information content (AvgIpc) is 2.53. The van der Waals surface area contributed by atoms with E-state index in [-0.39, 0.29) is 0 Å². The lowest BCUT2D eigenvalue weighted by atomic mass is 9.94. The highest BCUT2D eigenvalue weighted by atomic mass is 15.3. The van der Waals surface area contributed by atoms with Crippen LogP contribution in [0.25, 0.3) is 0 Å². The Morgan fingerprint density at radius 3 is 2.60 bits per heavy atom. The van der Waals surface area contributed by atoms with Crippen LogP contribution in [0.4, 0.5) is 5.82 Å². The summed E-state index contributed by atoms with van der Waals surface area (Å²) in [6.07, 6.45) is 4.90. The number of pyridine rings is 1. The molecule has 0 radical (unpaired) electrons. The maximum Gasteiger partial charge on any atom is 0.133 e. The third-order valence-electron chi connectivity index (χ3n) is 4.70. The van der Waals surface area contributed by atoms with E-state index in [1.165, 1.54) is 36.1 Å². The lowest BCUT2D eigenvalue weighted by Gasteiger charge is -2.36. The van der Waals surface area contributed by atoms with Crippen LogP contribution in [0.2, 0.25) is 0 Å². The van der Waals surface area contributed by atoms with E-state index in [0.29, 0.717) is 6.54 Å². The third kappa shape index (κ3) is 2.67. The number of piperazine rings is 1. The zero-order valence-corrected chi connectivity index (χ0v) is 12.6. The molecule has 1 aromatic heterocycles. The summed E-state index contributed by atoms with van der Waals surface area (Å²) >= 11 is 0. The van der Waals surface area contributed by atoms with Crippen molar-refractivity contribution in [1.29, 1.82) is 0 Å². The van der Waals surface area contributed by atoms with E-state index < -0.39 is 0 Å². The Bertz CT molecular complexity index is 464. The van der Waals surface area contributed by atoms with Crippen molar-refractivity contribution < 1.29 is 0 Å². The van der Waals surface area contributed by atoms with Crippen LogP contribution in [0.15, 0.2) is 6.07 Å². The van der Waals surface area contributed by atoms with Gasteiger partial charge >= 0.3 is 0 Å². The Labute approximate surface area is 122 Å². The number of aromatic nitrogens is 1. The largest absolute Gasteiger partial charge is 0.354 e. The van der Waals surface area contributed by atoms with Crippen LogP contribution in [-0.4, -0.2) is 42.6 Å². The van der Waals surface area contributed by atoms with Crippen molar-refractivity contribution in [1.82, 2.24) is 9.88 Å². The molecule has 2 heterocycles. The van der Waals surface area contributed by atoms with Gasteiger partial charge in [0.05, 0.1) is 0 Å². The molecule has 0 bridgehead atoms. The second-order valence-corrected chi connectivity index (χ2v) is 5.91. The standard InChI is InChI=1S/C16H26N4/c1-2-19-7-9-20(10-8-19)16-14(12-17)11-13-5-3-4-6-15(13)18-16/h11H,2-10,12,17H2,1H3. The first-order valence-electron chi connectivity index (χ1n) is 8.01. The zero-order chi connectivity index (χ0) is 13.9. The van der Waals surface area contributed by atoms with Crippen molar-refractivity contribution in [2.45, 2.75) is 39.2 Å². The second-order valence-electron chi connectivity index (χ2n) is 5.91. The molecular formula is C16H26N4. The second kappa shape index (κ2) is 6.10. The van der Waals surface area contributed by atoms with Crippen LogP contribution in [0.5, 0.6) is 0 Å². The summed E-state index contributed by atoms with van der Waals surface area (Å²) in [6.45, 7) is 8.41. The summed E-state index contributed by atoms with van der Waals surface area (Å²) in [6, 6.07) is 2.32. The summed E-state index contributed by atoms with van der Waals surface area (Å²) in [5.41, 5.74) is 9.96. The van der Waals surface area contributed by atoms with E-state index in [4.69, 9.17) is 10.7 Å². The summed E-state index contributed by atoms with van der Waals surface area (Å²) in [7, 11) is 0. The Hall–Kier alpha value is -1.13.